The monoisotopic (exact) mass is 235 g/mol. The first-order valence-electron chi connectivity index (χ1n) is 6.80. The molecule has 2 nitrogen and oxygen atoms in total. The van der Waals surface area contributed by atoms with Crippen LogP contribution >= 0.6 is 0 Å². The van der Waals surface area contributed by atoms with Crippen molar-refractivity contribution in [3.63, 3.8) is 0 Å². The van der Waals surface area contributed by atoms with Gasteiger partial charge in [0.15, 0.2) is 0 Å². The van der Waals surface area contributed by atoms with Crippen LogP contribution in [-0.4, -0.2) is 18.3 Å². The standard InChI is InChI=1S/C15H25NO/c1-2-3-8-14-9-7-10-15(13-14)16-11-5-4-6-12-17/h7,9-10,13,16-17H,2-6,8,11-12H2,1H3. The molecule has 1 aromatic rings. The molecule has 0 saturated carbocycles. The Morgan fingerprint density at radius 1 is 1.12 bits per heavy atom. The van der Waals surface area contributed by atoms with Crippen LogP contribution in [0.1, 0.15) is 44.6 Å². The molecule has 0 saturated heterocycles. The number of aryl methyl sites for hydroxylation is 1. The molecule has 0 aliphatic rings. The summed E-state index contributed by atoms with van der Waals surface area (Å²) in [7, 11) is 0. The van der Waals surface area contributed by atoms with Gasteiger partial charge in [-0.25, -0.2) is 0 Å². The summed E-state index contributed by atoms with van der Waals surface area (Å²) in [4.78, 5) is 0. The molecule has 0 unspecified atom stereocenters. The fourth-order valence-electron chi connectivity index (χ4n) is 1.86. The summed E-state index contributed by atoms with van der Waals surface area (Å²) < 4.78 is 0. The van der Waals surface area contributed by atoms with Crippen LogP contribution < -0.4 is 5.32 Å². The molecule has 2 N–H and O–H groups in total. The van der Waals surface area contributed by atoms with E-state index in [0.717, 1.165) is 25.8 Å². The summed E-state index contributed by atoms with van der Waals surface area (Å²) in [5, 5.41) is 12.1. The van der Waals surface area contributed by atoms with Gasteiger partial charge in [0.25, 0.3) is 0 Å². The van der Waals surface area contributed by atoms with Crippen LogP contribution in [-0.2, 0) is 6.42 Å². The molecule has 0 aliphatic carbocycles. The maximum atomic E-state index is 8.68. The summed E-state index contributed by atoms with van der Waals surface area (Å²) in [5.74, 6) is 0. The van der Waals surface area contributed by atoms with E-state index in [1.807, 2.05) is 0 Å². The van der Waals surface area contributed by atoms with Crippen molar-refractivity contribution in [2.75, 3.05) is 18.5 Å². The largest absolute Gasteiger partial charge is 0.396 e. The maximum absolute atomic E-state index is 8.68. The lowest BCUT2D eigenvalue weighted by Crippen LogP contribution is -2.02. The molecule has 17 heavy (non-hydrogen) atoms. The number of aliphatic hydroxyl groups is 1. The number of hydrogen-bond donors (Lipinski definition) is 2. The molecule has 0 spiro atoms. The maximum Gasteiger partial charge on any atom is 0.0431 e. The highest BCUT2D eigenvalue weighted by Gasteiger charge is 1.95. The van der Waals surface area contributed by atoms with Gasteiger partial charge in [0.05, 0.1) is 0 Å². The van der Waals surface area contributed by atoms with Gasteiger partial charge in [0.1, 0.15) is 0 Å². The van der Waals surface area contributed by atoms with E-state index < -0.39 is 0 Å². The van der Waals surface area contributed by atoms with Gasteiger partial charge in [0.2, 0.25) is 0 Å². The molecule has 96 valence electrons. The Hall–Kier alpha value is -1.02. The fraction of sp³-hybridized carbons (Fsp3) is 0.600. The summed E-state index contributed by atoms with van der Waals surface area (Å²) in [6, 6.07) is 8.71. The van der Waals surface area contributed by atoms with Crippen LogP contribution in [0.15, 0.2) is 24.3 Å². The number of benzene rings is 1. The van der Waals surface area contributed by atoms with Crippen molar-refractivity contribution in [1.82, 2.24) is 0 Å². The van der Waals surface area contributed by atoms with Crippen LogP contribution in [0, 0.1) is 0 Å². The molecule has 2 heteroatoms. The summed E-state index contributed by atoms with van der Waals surface area (Å²) in [6.07, 6.45) is 6.83. The zero-order valence-electron chi connectivity index (χ0n) is 10.9. The molecule has 0 fully saturated rings. The van der Waals surface area contributed by atoms with E-state index in [4.69, 9.17) is 5.11 Å². The third-order valence-electron chi connectivity index (χ3n) is 2.91. The Morgan fingerprint density at radius 2 is 2.00 bits per heavy atom. The van der Waals surface area contributed by atoms with Gasteiger partial charge in [-0.3, -0.25) is 0 Å². The van der Waals surface area contributed by atoms with Gasteiger partial charge < -0.3 is 10.4 Å². The molecule has 0 atom stereocenters. The Bertz CT molecular complexity index is 299. The lowest BCUT2D eigenvalue weighted by atomic mass is 10.1. The highest BCUT2D eigenvalue weighted by atomic mass is 16.2. The summed E-state index contributed by atoms with van der Waals surface area (Å²) >= 11 is 0. The minimum Gasteiger partial charge on any atom is -0.396 e. The quantitative estimate of drug-likeness (QED) is 0.641. The molecular weight excluding hydrogens is 210 g/mol. The molecule has 1 aromatic carbocycles. The predicted molar refractivity (Wildman–Crippen MR) is 74.5 cm³/mol. The van der Waals surface area contributed by atoms with Crippen molar-refractivity contribution in [1.29, 1.82) is 0 Å². The first-order valence-corrected chi connectivity index (χ1v) is 6.80. The second-order valence-corrected chi connectivity index (χ2v) is 4.51. The molecule has 0 aliphatic heterocycles. The first-order chi connectivity index (χ1) is 8.36. The molecule has 0 heterocycles. The predicted octanol–water partition coefficient (Wildman–Crippen LogP) is 3.60. The topological polar surface area (TPSA) is 32.3 Å². The number of anilines is 1. The van der Waals surface area contributed by atoms with E-state index in [0.29, 0.717) is 6.61 Å². The summed E-state index contributed by atoms with van der Waals surface area (Å²) in [6.45, 7) is 3.53. The third-order valence-corrected chi connectivity index (χ3v) is 2.91. The lowest BCUT2D eigenvalue weighted by Gasteiger charge is -2.08. The lowest BCUT2D eigenvalue weighted by molar-refractivity contribution is 0.283. The first kappa shape index (κ1) is 14.0. The zero-order chi connectivity index (χ0) is 12.3. The van der Waals surface area contributed by atoms with Gasteiger partial charge >= 0.3 is 0 Å². The molecule has 1 rings (SSSR count). The number of aliphatic hydroxyl groups excluding tert-OH is 1. The number of nitrogens with one attached hydrogen (secondary N) is 1. The van der Waals surface area contributed by atoms with E-state index in [2.05, 4.69) is 36.5 Å². The van der Waals surface area contributed by atoms with Crippen LogP contribution in [0.4, 0.5) is 5.69 Å². The number of unbranched alkanes of at least 4 members (excludes halogenated alkanes) is 3. The second kappa shape index (κ2) is 9.06. The minimum atomic E-state index is 0.312. The van der Waals surface area contributed by atoms with E-state index in [1.165, 1.54) is 30.5 Å². The van der Waals surface area contributed by atoms with Crippen molar-refractivity contribution >= 4 is 5.69 Å². The normalized spacial score (nSPS) is 10.5. The fourth-order valence-corrected chi connectivity index (χ4v) is 1.86. The average molecular weight is 235 g/mol. The zero-order valence-corrected chi connectivity index (χ0v) is 10.9. The average Bonchev–Trinajstić information content (AvgIpc) is 2.37. The van der Waals surface area contributed by atoms with Crippen molar-refractivity contribution in [3.05, 3.63) is 29.8 Å². The van der Waals surface area contributed by atoms with Gasteiger partial charge in [0, 0.05) is 18.8 Å². The van der Waals surface area contributed by atoms with E-state index in [-0.39, 0.29) is 0 Å². The van der Waals surface area contributed by atoms with Crippen LogP contribution in [0.5, 0.6) is 0 Å². The van der Waals surface area contributed by atoms with Gasteiger partial charge in [-0.05, 0) is 49.8 Å². The molecule has 0 aromatic heterocycles. The van der Waals surface area contributed by atoms with Crippen molar-refractivity contribution in [3.8, 4) is 0 Å². The SMILES string of the molecule is CCCCc1cccc(NCCCCCO)c1. The van der Waals surface area contributed by atoms with Crippen molar-refractivity contribution < 1.29 is 5.11 Å². The van der Waals surface area contributed by atoms with Crippen LogP contribution in [0.3, 0.4) is 0 Å². The number of rotatable bonds is 9. The highest BCUT2D eigenvalue weighted by Crippen LogP contribution is 2.13. The molecule has 0 bridgehead atoms. The van der Waals surface area contributed by atoms with E-state index in [9.17, 15) is 0 Å². The Labute approximate surface area is 105 Å². The van der Waals surface area contributed by atoms with Gasteiger partial charge in [-0.1, -0.05) is 25.5 Å². The Balaban J connectivity index is 2.27. The Kier molecular flexibility index (Phi) is 7.48. The van der Waals surface area contributed by atoms with Crippen LogP contribution in [0.25, 0.3) is 0 Å². The smallest absolute Gasteiger partial charge is 0.0431 e. The summed E-state index contributed by atoms with van der Waals surface area (Å²) in [5.41, 5.74) is 2.65. The number of hydrogen-bond acceptors (Lipinski definition) is 2. The molecule has 0 amide bonds. The van der Waals surface area contributed by atoms with E-state index >= 15 is 0 Å². The van der Waals surface area contributed by atoms with Crippen molar-refractivity contribution in [2.45, 2.75) is 45.4 Å². The molecule has 0 radical (unpaired) electrons. The van der Waals surface area contributed by atoms with Gasteiger partial charge in [-0.2, -0.15) is 0 Å². The van der Waals surface area contributed by atoms with Gasteiger partial charge in [-0.15, -0.1) is 0 Å². The second-order valence-electron chi connectivity index (χ2n) is 4.51. The highest BCUT2D eigenvalue weighted by molar-refractivity contribution is 5.45. The Morgan fingerprint density at radius 3 is 2.76 bits per heavy atom. The minimum absolute atomic E-state index is 0.312. The van der Waals surface area contributed by atoms with Crippen molar-refractivity contribution in [2.24, 2.45) is 0 Å². The van der Waals surface area contributed by atoms with Crippen LogP contribution in [0.2, 0.25) is 0 Å². The molecular formula is C15H25NO. The van der Waals surface area contributed by atoms with E-state index in [1.54, 1.807) is 0 Å². The third kappa shape index (κ3) is 6.32.